The summed E-state index contributed by atoms with van der Waals surface area (Å²) < 4.78 is 0. The Hall–Kier alpha value is -0.550. The first-order chi connectivity index (χ1) is 8.63. The zero-order chi connectivity index (χ0) is 13.1. The molecule has 2 rings (SSSR count). The van der Waals surface area contributed by atoms with Gasteiger partial charge in [-0.1, -0.05) is 26.7 Å². The summed E-state index contributed by atoms with van der Waals surface area (Å²) in [5, 5.41) is 9.38. The molecular formula is C16H28N2. The van der Waals surface area contributed by atoms with E-state index in [0.717, 1.165) is 18.3 Å². The summed E-state index contributed by atoms with van der Waals surface area (Å²) in [5.74, 6) is 1.86. The largest absolute Gasteiger partial charge is 0.299 e. The van der Waals surface area contributed by atoms with E-state index in [1.54, 1.807) is 0 Å². The lowest BCUT2D eigenvalue weighted by atomic mass is 9.76. The van der Waals surface area contributed by atoms with E-state index < -0.39 is 0 Å². The predicted octanol–water partition coefficient (Wildman–Crippen LogP) is 3.83. The first-order valence-corrected chi connectivity index (χ1v) is 7.75. The topological polar surface area (TPSA) is 27.0 Å². The molecule has 2 aliphatic rings. The molecule has 2 aliphatic carbocycles. The number of hydrogen-bond donors (Lipinski definition) is 0. The minimum absolute atomic E-state index is 0.264. The summed E-state index contributed by atoms with van der Waals surface area (Å²) in [5.41, 5.74) is 0. The molecule has 0 bridgehead atoms. The molecule has 102 valence electrons. The van der Waals surface area contributed by atoms with Crippen LogP contribution < -0.4 is 0 Å². The van der Waals surface area contributed by atoms with Crippen LogP contribution in [-0.4, -0.2) is 24.0 Å². The van der Waals surface area contributed by atoms with Crippen LogP contribution in [0.4, 0.5) is 0 Å². The quantitative estimate of drug-likeness (QED) is 0.742. The summed E-state index contributed by atoms with van der Waals surface area (Å²) in [6.07, 6.45) is 9.04. The molecule has 0 amide bonds. The lowest BCUT2D eigenvalue weighted by molar-refractivity contribution is 0.0483. The van der Waals surface area contributed by atoms with Crippen LogP contribution >= 0.6 is 0 Å². The molecule has 0 aliphatic heterocycles. The second-order valence-corrected chi connectivity index (χ2v) is 6.72. The Morgan fingerprint density at radius 3 is 2.39 bits per heavy atom. The highest BCUT2D eigenvalue weighted by Gasteiger charge is 2.36. The molecule has 0 spiro atoms. The van der Waals surface area contributed by atoms with Crippen molar-refractivity contribution in [3.63, 3.8) is 0 Å². The Balaban J connectivity index is 2.05. The number of rotatable bonds is 2. The van der Waals surface area contributed by atoms with Gasteiger partial charge in [0.2, 0.25) is 0 Å². The highest BCUT2D eigenvalue weighted by atomic mass is 15.2. The minimum Gasteiger partial charge on any atom is -0.299 e. The molecule has 2 saturated carbocycles. The van der Waals surface area contributed by atoms with Crippen LogP contribution in [0.2, 0.25) is 0 Å². The van der Waals surface area contributed by atoms with Gasteiger partial charge in [-0.2, -0.15) is 5.26 Å². The highest BCUT2D eigenvalue weighted by Crippen LogP contribution is 2.36. The fourth-order valence-electron chi connectivity index (χ4n) is 4.10. The monoisotopic (exact) mass is 248 g/mol. The summed E-state index contributed by atoms with van der Waals surface area (Å²) >= 11 is 0. The van der Waals surface area contributed by atoms with Gasteiger partial charge in [-0.05, 0) is 51.0 Å². The fourth-order valence-corrected chi connectivity index (χ4v) is 4.10. The minimum atomic E-state index is 0.264. The average Bonchev–Trinajstić information content (AvgIpc) is 2.38. The van der Waals surface area contributed by atoms with Gasteiger partial charge in [-0.3, -0.25) is 4.90 Å². The summed E-state index contributed by atoms with van der Waals surface area (Å²) in [7, 11) is 2.28. The van der Waals surface area contributed by atoms with Gasteiger partial charge >= 0.3 is 0 Å². The molecule has 0 radical (unpaired) electrons. The van der Waals surface area contributed by atoms with Crippen molar-refractivity contribution in [2.75, 3.05) is 7.05 Å². The van der Waals surface area contributed by atoms with Crippen LogP contribution in [0.1, 0.15) is 58.8 Å². The van der Waals surface area contributed by atoms with Crippen molar-refractivity contribution in [3.8, 4) is 6.07 Å². The van der Waals surface area contributed by atoms with Gasteiger partial charge in [0.05, 0.1) is 12.0 Å². The molecule has 0 aromatic heterocycles. The Morgan fingerprint density at radius 1 is 1.00 bits per heavy atom. The van der Waals surface area contributed by atoms with Crippen molar-refractivity contribution in [2.45, 2.75) is 70.9 Å². The van der Waals surface area contributed by atoms with E-state index in [1.807, 2.05) is 0 Å². The third-order valence-electron chi connectivity index (χ3n) is 5.36. The van der Waals surface area contributed by atoms with Crippen LogP contribution in [0, 0.1) is 29.1 Å². The van der Waals surface area contributed by atoms with Gasteiger partial charge in [0.1, 0.15) is 0 Å². The average molecular weight is 248 g/mol. The standard InChI is InChI=1S/C16H28N2/c1-12-8-9-14(11-17)16(10-12)18(3)15-7-5-4-6-13(15)2/h12-16H,4-10H2,1-3H3. The molecule has 0 aromatic rings. The third kappa shape index (κ3) is 2.88. The van der Waals surface area contributed by atoms with E-state index in [4.69, 9.17) is 0 Å². The lowest BCUT2D eigenvalue weighted by Gasteiger charge is -2.45. The summed E-state index contributed by atoms with van der Waals surface area (Å²) in [6, 6.07) is 3.78. The predicted molar refractivity (Wildman–Crippen MR) is 75.1 cm³/mol. The van der Waals surface area contributed by atoms with Gasteiger partial charge in [-0.25, -0.2) is 0 Å². The smallest absolute Gasteiger partial charge is 0.0672 e. The van der Waals surface area contributed by atoms with Crippen molar-refractivity contribution in [3.05, 3.63) is 0 Å². The van der Waals surface area contributed by atoms with Crippen molar-refractivity contribution in [1.29, 1.82) is 5.26 Å². The molecule has 2 fully saturated rings. The van der Waals surface area contributed by atoms with Gasteiger partial charge in [0.25, 0.3) is 0 Å². The normalized spacial score (nSPS) is 41.6. The molecule has 2 heteroatoms. The Bertz CT molecular complexity index is 307. The third-order valence-corrected chi connectivity index (χ3v) is 5.36. The molecule has 2 nitrogen and oxygen atoms in total. The zero-order valence-electron chi connectivity index (χ0n) is 12.2. The lowest BCUT2D eigenvalue weighted by Crippen LogP contribution is -2.49. The van der Waals surface area contributed by atoms with E-state index in [9.17, 15) is 5.26 Å². The van der Waals surface area contributed by atoms with Crippen LogP contribution in [0.3, 0.4) is 0 Å². The Morgan fingerprint density at radius 2 is 1.72 bits per heavy atom. The van der Waals surface area contributed by atoms with E-state index in [1.165, 1.54) is 38.5 Å². The van der Waals surface area contributed by atoms with Crippen LogP contribution in [0.15, 0.2) is 0 Å². The van der Waals surface area contributed by atoms with E-state index in [-0.39, 0.29) is 5.92 Å². The van der Waals surface area contributed by atoms with Gasteiger partial charge in [0, 0.05) is 12.1 Å². The molecular weight excluding hydrogens is 220 g/mol. The summed E-state index contributed by atoms with van der Waals surface area (Å²) in [6.45, 7) is 4.74. The number of hydrogen-bond acceptors (Lipinski definition) is 2. The molecule has 5 unspecified atom stereocenters. The van der Waals surface area contributed by atoms with E-state index >= 15 is 0 Å². The number of nitriles is 1. The van der Waals surface area contributed by atoms with Gasteiger partial charge in [0.15, 0.2) is 0 Å². The second-order valence-electron chi connectivity index (χ2n) is 6.72. The maximum absolute atomic E-state index is 9.38. The molecule has 0 heterocycles. The first-order valence-electron chi connectivity index (χ1n) is 7.75. The SMILES string of the molecule is CC1CCC(C#N)C(N(C)C2CCCCC2C)C1. The maximum Gasteiger partial charge on any atom is 0.0672 e. The van der Waals surface area contributed by atoms with Gasteiger partial charge < -0.3 is 0 Å². The Labute approximate surface area is 112 Å². The van der Waals surface area contributed by atoms with Crippen molar-refractivity contribution >= 4 is 0 Å². The van der Waals surface area contributed by atoms with Crippen molar-refractivity contribution < 1.29 is 0 Å². The molecule has 0 aromatic carbocycles. The van der Waals surface area contributed by atoms with Crippen LogP contribution in [-0.2, 0) is 0 Å². The van der Waals surface area contributed by atoms with E-state index in [2.05, 4.69) is 31.9 Å². The van der Waals surface area contributed by atoms with Crippen LogP contribution in [0.25, 0.3) is 0 Å². The van der Waals surface area contributed by atoms with Crippen molar-refractivity contribution in [2.24, 2.45) is 17.8 Å². The Kier molecular flexibility index (Phi) is 4.67. The second kappa shape index (κ2) is 6.06. The molecule has 5 atom stereocenters. The van der Waals surface area contributed by atoms with E-state index in [0.29, 0.717) is 12.1 Å². The fraction of sp³-hybridized carbons (Fsp3) is 0.938. The van der Waals surface area contributed by atoms with Gasteiger partial charge in [-0.15, -0.1) is 0 Å². The first kappa shape index (κ1) is 13.9. The highest BCUT2D eigenvalue weighted by molar-refractivity contribution is 4.98. The maximum atomic E-state index is 9.38. The van der Waals surface area contributed by atoms with Crippen LogP contribution in [0.5, 0.6) is 0 Å². The number of nitrogens with zero attached hydrogens (tertiary/aromatic N) is 2. The molecule has 0 saturated heterocycles. The molecule has 0 N–H and O–H groups in total. The molecule has 18 heavy (non-hydrogen) atoms. The summed E-state index contributed by atoms with van der Waals surface area (Å²) in [4.78, 5) is 2.58. The van der Waals surface area contributed by atoms with Crippen molar-refractivity contribution in [1.82, 2.24) is 4.90 Å². The zero-order valence-corrected chi connectivity index (χ0v) is 12.2.